The molecule has 1 heterocycles. The number of hydrogen-bond acceptors (Lipinski definition) is 4. The van der Waals surface area contributed by atoms with Gasteiger partial charge in [0, 0.05) is 32.3 Å². The van der Waals surface area contributed by atoms with E-state index in [-0.39, 0.29) is 17.9 Å². The first-order valence-corrected chi connectivity index (χ1v) is 6.65. The first kappa shape index (κ1) is 13.6. The Morgan fingerprint density at radius 2 is 2.05 bits per heavy atom. The number of nitrogens with zero attached hydrogens (tertiary/aromatic N) is 2. The van der Waals surface area contributed by atoms with E-state index in [1.165, 1.54) is 0 Å². The summed E-state index contributed by atoms with van der Waals surface area (Å²) in [5, 5.41) is 0. The number of nitrogen functional groups attached to an aromatic ring is 1. The van der Waals surface area contributed by atoms with Crippen molar-refractivity contribution in [3.8, 4) is 5.75 Å². The zero-order valence-electron chi connectivity index (χ0n) is 11.5. The second-order valence-electron chi connectivity index (χ2n) is 5.24. The molecular weight excluding hydrogens is 242 g/mol. The van der Waals surface area contributed by atoms with Crippen molar-refractivity contribution in [1.29, 1.82) is 0 Å². The van der Waals surface area contributed by atoms with Gasteiger partial charge in [0.2, 0.25) is 5.91 Å². The molecule has 0 aliphatic heterocycles. The molecule has 0 unspecified atom stereocenters. The van der Waals surface area contributed by atoms with Crippen molar-refractivity contribution in [2.45, 2.75) is 31.8 Å². The Hall–Kier alpha value is -1.78. The Balaban J connectivity index is 1.87. The topological polar surface area (TPSA) is 68.5 Å². The molecule has 1 aliphatic carbocycles. The molecule has 2 N–H and O–H groups in total. The third-order valence-electron chi connectivity index (χ3n) is 3.57. The number of carbonyl (C=O) groups is 1. The molecule has 1 aromatic rings. The molecule has 0 radical (unpaired) electrons. The summed E-state index contributed by atoms with van der Waals surface area (Å²) >= 11 is 0. The number of nitrogens with two attached hydrogens (primary N) is 1. The Morgan fingerprint density at radius 1 is 1.37 bits per heavy atom. The van der Waals surface area contributed by atoms with Crippen molar-refractivity contribution < 1.29 is 9.53 Å². The number of aromatic nitrogens is 1. The van der Waals surface area contributed by atoms with Crippen LogP contribution in [0.2, 0.25) is 0 Å². The van der Waals surface area contributed by atoms with E-state index in [2.05, 4.69) is 4.98 Å². The fraction of sp³-hybridized carbons (Fsp3) is 0.571. The van der Waals surface area contributed by atoms with Gasteiger partial charge in [-0.05, 0) is 25.7 Å². The van der Waals surface area contributed by atoms with E-state index in [4.69, 9.17) is 10.5 Å². The van der Waals surface area contributed by atoms with Crippen LogP contribution in [0, 0.1) is 5.92 Å². The van der Waals surface area contributed by atoms with E-state index < -0.39 is 0 Å². The first-order valence-electron chi connectivity index (χ1n) is 6.65. The van der Waals surface area contributed by atoms with Gasteiger partial charge in [-0.15, -0.1) is 0 Å². The summed E-state index contributed by atoms with van der Waals surface area (Å²) in [7, 11) is 3.62. The molecule has 5 nitrogen and oxygen atoms in total. The lowest BCUT2D eigenvalue weighted by Crippen LogP contribution is -2.34. The van der Waals surface area contributed by atoms with Crippen molar-refractivity contribution >= 4 is 11.6 Å². The summed E-state index contributed by atoms with van der Waals surface area (Å²) in [5.41, 5.74) is 6.37. The maximum Gasteiger partial charge on any atom is 0.225 e. The number of hydrogen-bond donors (Lipinski definition) is 1. The lowest BCUT2D eigenvalue weighted by atomic mass is 9.86. The maximum atomic E-state index is 11.9. The quantitative estimate of drug-likeness (QED) is 0.901. The highest BCUT2D eigenvalue weighted by Gasteiger charge is 2.28. The Labute approximate surface area is 113 Å². The predicted molar refractivity (Wildman–Crippen MR) is 73.7 cm³/mol. The van der Waals surface area contributed by atoms with E-state index in [0.717, 1.165) is 25.7 Å². The fourth-order valence-corrected chi connectivity index (χ4v) is 2.47. The number of rotatable bonds is 3. The molecule has 1 aromatic heterocycles. The van der Waals surface area contributed by atoms with Crippen LogP contribution >= 0.6 is 0 Å². The fourth-order valence-electron chi connectivity index (χ4n) is 2.47. The first-order chi connectivity index (χ1) is 9.08. The molecule has 19 heavy (non-hydrogen) atoms. The third-order valence-corrected chi connectivity index (χ3v) is 3.57. The zero-order chi connectivity index (χ0) is 13.8. The van der Waals surface area contributed by atoms with Crippen molar-refractivity contribution in [3.05, 3.63) is 18.5 Å². The molecule has 0 spiro atoms. The van der Waals surface area contributed by atoms with E-state index in [9.17, 15) is 4.79 Å². The van der Waals surface area contributed by atoms with Gasteiger partial charge in [0.05, 0.1) is 18.0 Å². The number of pyridine rings is 1. The van der Waals surface area contributed by atoms with Crippen LogP contribution in [-0.2, 0) is 4.79 Å². The van der Waals surface area contributed by atoms with Gasteiger partial charge in [-0.1, -0.05) is 0 Å². The Morgan fingerprint density at radius 3 is 2.63 bits per heavy atom. The molecule has 1 amide bonds. The normalized spacial score (nSPS) is 22.8. The molecule has 0 aromatic carbocycles. The molecule has 104 valence electrons. The highest BCUT2D eigenvalue weighted by Crippen LogP contribution is 2.30. The minimum Gasteiger partial charge on any atom is -0.488 e. The van der Waals surface area contributed by atoms with Gasteiger partial charge in [-0.2, -0.15) is 0 Å². The van der Waals surface area contributed by atoms with Gasteiger partial charge >= 0.3 is 0 Å². The zero-order valence-corrected chi connectivity index (χ0v) is 11.5. The van der Waals surface area contributed by atoms with Gasteiger partial charge in [-0.25, -0.2) is 0 Å². The van der Waals surface area contributed by atoms with Crippen molar-refractivity contribution in [2.24, 2.45) is 5.92 Å². The summed E-state index contributed by atoms with van der Waals surface area (Å²) in [6.07, 6.45) is 6.97. The second kappa shape index (κ2) is 5.91. The third kappa shape index (κ3) is 3.36. The lowest BCUT2D eigenvalue weighted by molar-refractivity contribution is -0.134. The van der Waals surface area contributed by atoms with Crippen LogP contribution in [0.5, 0.6) is 5.75 Å². The Bertz CT molecular complexity index is 440. The van der Waals surface area contributed by atoms with Crippen LogP contribution in [-0.4, -0.2) is 36.0 Å². The van der Waals surface area contributed by atoms with Crippen molar-refractivity contribution in [2.75, 3.05) is 19.8 Å². The highest BCUT2D eigenvalue weighted by molar-refractivity contribution is 5.78. The highest BCUT2D eigenvalue weighted by atomic mass is 16.5. The summed E-state index contributed by atoms with van der Waals surface area (Å²) in [5.74, 6) is 1.06. The summed E-state index contributed by atoms with van der Waals surface area (Å²) in [6.45, 7) is 0. The molecule has 0 saturated heterocycles. The SMILES string of the molecule is CN(C)C(=O)C1CCC(Oc2ccncc2N)CC1. The summed E-state index contributed by atoms with van der Waals surface area (Å²) < 4.78 is 5.88. The predicted octanol–water partition coefficient (Wildman–Crippen LogP) is 1.69. The summed E-state index contributed by atoms with van der Waals surface area (Å²) in [4.78, 5) is 17.5. The van der Waals surface area contributed by atoms with Gasteiger partial charge in [-0.3, -0.25) is 9.78 Å². The number of anilines is 1. The van der Waals surface area contributed by atoms with Crippen LogP contribution in [0.25, 0.3) is 0 Å². The molecule has 0 bridgehead atoms. The van der Waals surface area contributed by atoms with Gasteiger partial charge in [0.15, 0.2) is 0 Å². The Kier molecular flexibility index (Phi) is 4.24. The van der Waals surface area contributed by atoms with Crippen molar-refractivity contribution in [3.63, 3.8) is 0 Å². The number of ether oxygens (including phenoxy) is 1. The second-order valence-corrected chi connectivity index (χ2v) is 5.24. The van der Waals surface area contributed by atoms with Crippen LogP contribution < -0.4 is 10.5 Å². The summed E-state index contributed by atoms with van der Waals surface area (Å²) in [6, 6.07) is 1.78. The monoisotopic (exact) mass is 263 g/mol. The van der Waals surface area contributed by atoms with Crippen molar-refractivity contribution in [1.82, 2.24) is 9.88 Å². The van der Waals surface area contributed by atoms with Crippen LogP contribution in [0.1, 0.15) is 25.7 Å². The van der Waals surface area contributed by atoms with Gasteiger partial charge in [0.1, 0.15) is 5.75 Å². The lowest BCUT2D eigenvalue weighted by Gasteiger charge is -2.29. The van der Waals surface area contributed by atoms with E-state index in [0.29, 0.717) is 11.4 Å². The minimum atomic E-state index is 0.143. The molecule has 0 atom stereocenters. The van der Waals surface area contributed by atoms with E-state index in [1.807, 2.05) is 14.1 Å². The molecule has 1 aliphatic rings. The van der Waals surface area contributed by atoms with Gasteiger partial charge < -0.3 is 15.4 Å². The molecule has 2 rings (SSSR count). The minimum absolute atomic E-state index is 0.143. The molecule has 1 fully saturated rings. The van der Waals surface area contributed by atoms with E-state index >= 15 is 0 Å². The van der Waals surface area contributed by atoms with Crippen LogP contribution in [0.3, 0.4) is 0 Å². The average Bonchev–Trinajstić information content (AvgIpc) is 2.41. The molecule has 5 heteroatoms. The maximum absolute atomic E-state index is 11.9. The van der Waals surface area contributed by atoms with Crippen LogP contribution in [0.4, 0.5) is 5.69 Å². The van der Waals surface area contributed by atoms with Crippen LogP contribution in [0.15, 0.2) is 18.5 Å². The van der Waals surface area contributed by atoms with E-state index in [1.54, 1.807) is 23.4 Å². The largest absolute Gasteiger partial charge is 0.488 e. The smallest absolute Gasteiger partial charge is 0.225 e. The number of amides is 1. The average molecular weight is 263 g/mol. The molecular formula is C14H21N3O2. The van der Waals surface area contributed by atoms with Gasteiger partial charge in [0.25, 0.3) is 0 Å². The molecule has 1 saturated carbocycles. The standard InChI is InChI=1S/C14H21N3O2/c1-17(2)14(18)10-3-5-11(6-4-10)19-13-7-8-16-9-12(13)15/h7-11H,3-6,15H2,1-2H3. The number of carbonyl (C=O) groups excluding carboxylic acids is 1.